The van der Waals surface area contributed by atoms with Crippen molar-refractivity contribution in [3.05, 3.63) is 28.2 Å². The smallest absolute Gasteiger partial charge is 0.327 e. The van der Waals surface area contributed by atoms with E-state index < -0.39 is 34.9 Å². The molecule has 120 valence electrons. The molecule has 9 heteroatoms. The summed E-state index contributed by atoms with van der Waals surface area (Å²) >= 11 is 0. The van der Waals surface area contributed by atoms with Gasteiger partial charge in [-0.05, 0) is 12.0 Å². The Morgan fingerprint density at radius 1 is 1.48 bits per heavy atom. The van der Waals surface area contributed by atoms with Gasteiger partial charge in [-0.25, -0.2) is 0 Å². The Bertz CT molecular complexity index is 545. The van der Waals surface area contributed by atoms with Crippen LogP contribution in [0.2, 0.25) is 0 Å². The number of alkyl halides is 3. The van der Waals surface area contributed by atoms with Crippen LogP contribution in [0.4, 0.5) is 18.9 Å². The molecule has 0 aliphatic heterocycles. The maximum absolute atomic E-state index is 12.5. The number of rotatable bonds is 4. The van der Waals surface area contributed by atoms with E-state index in [1.165, 1.54) is 0 Å². The molecule has 2 atom stereocenters. The van der Waals surface area contributed by atoms with Crippen molar-refractivity contribution in [2.75, 3.05) is 5.32 Å². The van der Waals surface area contributed by atoms with Crippen LogP contribution < -0.4 is 16.6 Å². The average Bonchev–Trinajstić information content (AvgIpc) is 2.38. The van der Waals surface area contributed by atoms with E-state index in [-0.39, 0.29) is 18.3 Å². The molecule has 0 bridgehead atoms. The van der Waals surface area contributed by atoms with E-state index >= 15 is 0 Å². The van der Waals surface area contributed by atoms with Crippen LogP contribution in [0.15, 0.2) is 17.1 Å². The van der Waals surface area contributed by atoms with Crippen molar-refractivity contribution >= 4 is 24.0 Å². The molecule has 0 saturated carbocycles. The predicted molar refractivity (Wildman–Crippen MR) is 75.4 cm³/mol. The van der Waals surface area contributed by atoms with Crippen LogP contribution in [0.1, 0.15) is 25.8 Å². The monoisotopic (exact) mass is 327 g/mol. The minimum Gasteiger partial charge on any atom is -0.327 e. The number of nitrogens with two attached hydrogens (primary N) is 1. The van der Waals surface area contributed by atoms with Crippen LogP contribution in [-0.2, 0) is 11.0 Å². The number of H-pyrrole nitrogens is 1. The molecule has 0 aromatic carbocycles. The van der Waals surface area contributed by atoms with Gasteiger partial charge < -0.3 is 16.0 Å². The highest BCUT2D eigenvalue weighted by atomic mass is 35.5. The number of amides is 1. The SMILES string of the molecule is CCC(C)C(N)C(=O)Nc1cc(C(F)(F)F)c[nH]c1=O.Cl. The van der Waals surface area contributed by atoms with Gasteiger partial charge in [0.15, 0.2) is 0 Å². The molecule has 0 radical (unpaired) electrons. The lowest BCUT2D eigenvalue weighted by atomic mass is 9.99. The van der Waals surface area contributed by atoms with Gasteiger partial charge in [0.1, 0.15) is 5.69 Å². The van der Waals surface area contributed by atoms with Crippen LogP contribution in [0, 0.1) is 5.92 Å². The van der Waals surface area contributed by atoms with E-state index in [1.807, 2.05) is 11.9 Å². The first kappa shape index (κ1) is 19.5. The third kappa shape index (κ3) is 5.05. The highest BCUT2D eigenvalue weighted by Gasteiger charge is 2.31. The maximum atomic E-state index is 12.5. The minimum absolute atomic E-state index is 0. The second kappa shape index (κ2) is 7.46. The first-order valence-corrected chi connectivity index (χ1v) is 6.03. The van der Waals surface area contributed by atoms with Gasteiger partial charge in [0.05, 0.1) is 11.6 Å². The molecule has 1 amide bonds. The third-order valence-electron chi connectivity index (χ3n) is 3.05. The first-order chi connectivity index (χ1) is 9.16. The molecule has 5 nitrogen and oxygen atoms in total. The van der Waals surface area contributed by atoms with Crippen LogP contribution in [0.25, 0.3) is 0 Å². The summed E-state index contributed by atoms with van der Waals surface area (Å²) in [5.41, 5.74) is 3.31. The summed E-state index contributed by atoms with van der Waals surface area (Å²) in [5.74, 6) is -0.843. The molecule has 0 aliphatic carbocycles. The van der Waals surface area contributed by atoms with Gasteiger partial charge in [0.2, 0.25) is 5.91 Å². The van der Waals surface area contributed by atoms with Crippen molar-refractivity contribution in [1.29, 1.82) is 0 Å². The third-order valence-corrected chi connectivity index (χ3v) is 3.05. The summed E-state index contributed by atoms with van der Waals surface area (Å²) in [7, 11) is 0. The molecular weight excluding hydrogens is 311 g/mol. The zero-order valence-electron chi connectivity index (χ0n) is 11.5. The van der Waals surface area contributed by atoms with Gasteiger partial charge in [-0.15, -0.1) is 12.4 Å². The van der Waals surface area contributed by atoms with Gasteiger partial charge in [-0.1, -0.05) is 20.3 Å². The Kier molecular flexibility index (Phi) is 6.92. The van der Waals surface area contributed by atoms with Crippen molar-refractivity contribution in [2.24, 2.45) is 11.7 Å². The average molecular weight is 328 g/mol. The number of aromatic nitrogens is 1. The largest absolute Gasteiger partial charge is 0.417 e. The van der Waals surface area contributed by atoms with Crippen molar-refractivity contribution < 1.29 is 18.0 Å². The molecule has 1 heterocycles. The summed E-state index contributed by atoms with van der Waals surface area (Å²) in [6.45, 7) is 3.56. The van der Waals surface area contributed by atoms with Crippen LogP contribution in [0.5, 0.6) is 0 Å². The van der Waals surface area contributed by atoms with Gasteiger partial charge in [-0.2, -0.15) is 13.2 Å². The van der Waals surface area contributed by atoms with E-state index in [4.69, 9.17) is 5.73 Å². The molecular formula is C12H17ClF3N3O2. The molecule has 0 aliphatic rings. The van der Waals surface area contributed by atoms with Crippen LogP contribution in [-0.4, -0.2) is 16.9 Å². The summed E-state index contributed by atoms with van der Waals surface area (Å²) < 4.78 is 37.6. The van der Waals surface area contributed by atoms with E-state index in [0.717, 1.165) is 0 Å². The highest BCUT2D eigenvalue weighted by Crippen LogP contribution is 2.29. The molecule has 1 aromatic heterocycles. The number of halogens is 4. The van der Waals surface area contributed by atoms with Gasteiger partial charge in [0, 0.05) is 6.20 Å². The zero-order valence-corrected chi connectivity index (χ0v) is 12.3. The van der Waals surface area contributed by atoms with Crippen LogP contribution >= 0.6 is 12.4 Å². The summed E-state index contributed by atoms with van der Waals surface area (Å²) in [6.07, 6.45) is -3.43. The van der Waals surface area contributed by atoms with Gasteiger partial charge >= 0.3 is 6.18 Å². The number of nitrogens with one attached hydrogen (secondary N) is 2. The molecule has 1 aromatic rings. The predicted octanol–water partition coefficient (Wildman–Crippen LogP) is 2.13. The van der Waals surface area contributed by atoms with Gasteiger partial charge in [-0.3, -0.25) is 9.59 Å². The van der Waals surface area contributed by atoms with Crippen molar-refractivity contribution in [2.45, 2.75) is 32.5 Å². The van der Waals surface area contributed by atoms with E-state index in [0.29, 0.717) is 18.7 Å². The fourth-order valence-electron chi connectivity index (χ4n) is 1.47. The van der Waals surface area contributed by atoms with Gasteiger partial charge in [0.25, 0.3) is 5.56 Å². The summed E-state index contributed by atoms with van der Waals surface area (Å²) in [5, 5.41) is 2.13. The summed E-state index contributed by atoms with van der Waals surface area (Å²) in [6, 6.07) is -0.311. The normalized spacial score (nSPS) is 14.0. The van der Waals surface area contributed by atoms with Crippen molar-refractivity contribution in [3.8, 4) is 0 Å². The Balaban J connectivity index is 0.00000400. The number of pyridine rings is 1. The lowest BCUT2D eigenvalue weighted by Gasteiger charge is -2.17. The number of aromatic amines is 1. The zero-order chi connectivity index (χ0) is 15.5. The Morgan fingerprint density at radius 2 is 2.05 bits per heavy atom. The van der Waals surface area contributed by atoms with Crippen molar-refractivity contribution in [1.82, 2.24) is 4.98 Å². The quantitative estimate of drug-likeness (QED) is 0.791. The number of carbonyl (C=O) groups is 1. The lowest BCUT2D eigenvalue weighted by molar-refractivity contribution is -0.137. The topological polar surface area (TPSA) is 88.0 Å². The van der Waals surface area contributed by atoms with Crippen molar-refractivity contribution in [3.63, 3.8) is 0 Å². The fraction of sp³-hybridized carbons (Fsp3) is 0.500. The second-order valence-electron chi connectivity index (χ2n) is 4.53. The maximum Gasteiger partial charge on any atom is 0.417 e. The molecule has 0 spiro atoms. The number of hydrogen-bond acceptors (Lipinski definition) is 3. The standard InChI is InChI=1S/C12H16F3N3O2.ClH/c1-3-6(2)9(16)11(20)18-8-4-7(12(13,14)15)5-17-10(8)19;/h4-6,9H,3,16H2,1-2H3,(H,17,19)(H,18,20);1H. The molecule has 1 rings (SSSR count). The van der Waals surface area contributed by atoms with E-state index in [2.05, 4.69) is 5.32 Å². The Labute approximate surface area is 125 Å². The molecule has 0 saturated heterocycles. The van der Waals surface area contributed by atoms with Crippen LogP contribution in [0.3, 0.4) is 0 Å². The van der Waals surface area contributed by atoms with E-state index in [1.54, 1.807) is 6.92 Å². The second-order valence-corrected chi connectivity index (χ2v) is 4.53. The lowest BCUT2D eigenvalue weighted by Crippen LogP contribution is -2.41. The number of hydrogen-bond donors (Lipinski definition) is 3. The van der Waals surface area contributed by atoms with E-state index in [9.17, 15) is 22.8 Å². The molecule has 21 heavy (non-hydrogen) atoms. The minimum atomic E-state index is -4.61. The summed E-state index contributed by atoms with van der Waals surface area (Å²) in [4.78, 5) is 25.1. The molecule has 2 unspecified atom stereocenters. The Morgan fingerprint density at radius 3 is 2.52 bits per heavy atom. The number of carbonyl (C=O) groups excluding carboxylic acids is 1. The molecule has 0 fully saturated rings. The number of anilines is 1. The molecule has 4 N–H and O–H groups in total. The Hall–Kier alpha value is -1.54. The highest BCUT2D eigenvalue weighted by molar-refractivity contribution is 5.94. The first-order valence-electron chi connectivity index (χ1n) is 6.03. The fourth-order valence-corrected chi connectivity index (χ4v) is 1.47.